The average molecular weight is 286 g/mol. The van der Waals surface area contributed by atoms with Crippen LogP contribution in [-0.4, -0.2) is 19.6 Å². The molecule has 2 N–H and O–H groups in total. The number of methoxy groups -OCH3 is 1. The van der Waals surface area contributed by atoms with Crippen molar-refractivity contribution in [2.45, 2.75) is 6.42 Å². The van der Waals surface area contributed by atoms with Crippen molar-refractivity contribution in [3.05, 3.63) is 53.3 Å². The molecule has 0 unspecified atom stereocenters. The Hall–Kier alpha value is -2.56. The summed E-state index contributed by atoms with van der Waals surface area (Å²) in [5.74, 6) is -0.767. The zero-order chi connectivity index (χ0) is 15.0. The number of carbonyl (C=O) groups excluding carboxylic acids is 1. The number of nitrogens with two attached hydrogens (primary N) is 1. The van der Waals surface area contributed by atoms with Crippen molar-refractivity contribution >= 4 is 23.0 Å². The van der Waals surface area contributed by atoms with E-state index in [0.717, 1.165) is 17.7 Å². The highest BCUT2D eigenvalue weighted by molar-refractivity contribution is 6.00. The smallest absolute Gasteiger partial charge is 0.340 e. The second kappa shape index (κ2) is 5.09. The molecule has 0 atom stereocenters. The van der Waals surface area contributed by atoms with E-state index in [1.54, 1.807) is 24.3 Å². The zero-order valence-electron chi connectivity index (χ0n) is 11.6. The topological polar surface area (TPSA) is 55.6 Å². The van der Waals surface area contributed by atoms with Crippen LogP contribution in [0.2, 0.25) is 0 Å². The second-order valence-electron chi connectivity index (χ2n) is 4.91. The number of carbonyl (C=O) groups is 1. The third-order valence-corrected chi connectivity index (χ3v) is 3.69. The highest BCUT2D eigenvalue weighted by Gasteiger charge is 2.26. The van der Waals surface area contributed by atoms with Crippen LogP contribution in [0.25, 0.3) is 0 Å². The number of rotatable bonds is 2. The lowest BCUT2D eigenvalue weighted by molar-refractivity contribution is 0.0601. The van der Waals surface area contributed by atoms with E-state index in [1.807, 2.05) is 4.90 Å². The molecule has 108 valence electrons. The van der Waals surface area contributed by atoms with E-state index >= 15 is 0 Å². The van der Waals surface area contributed by atoms with Crippen LogP contribution >= 0.6 is 0 Å². The summed E-state index contributed by atoms with van der Waals surface area (Å²) in [5.41, 5.74) is 9.26. The Kier molecular flexibility index (Phi) is 3.25. The Bertz CT molecular complexity index is 715. The number of para-hydroxylation sites is 1. The maximum Gasteiger partial charge on any atom is 0.340 e. The van der Waals surface area contributed by atoms with Gasteiger partial charge in [-0.2, -0.15) is 0 Å². The first-order valence-corrected chi connectivity index (χ1v) is 6.64. The van der Waals surface area contributed by atoms with Gasteiger partial charge in [0.25, 0.3) is 0 Å². The molecule has 0 aromatic heterocycles. The quantitative estimate of drug-likeness (QED) is 0.681. The number of anilines is 3. The molecule has 0 fully saturated rings. The number of benzene rings is 2. The molecule has 3 rings (SSSR count). The van der Waals surface area contributed by atoms with E-state index < -0.39 is 5.97 Å². The first-order chi connectivity index (χ1) is 10.1. The molecule has 2 aromatic rings. The van der Waals surface area contributed by atoms with Gasteiger partial charge in [-0.1, -0.05) is 12.1 Å². The predicted octanol–water partition coefficient (Wildman–Crippen LogP) is 2.89. The summed E-state index contributed by atoms with van der Waals surface area (Å²) in [6, 6.07) is 9.76. The van der Waals surface area contributed by atoms with Crippen molar-refractivity contribution in [3.8, 4) is 0 Å². The Morgan fingerprint density at radius 3 is 2.90 bits per heavy atom. The van der Waals surface area contributed by atoms with Gasteiger partial charge in [0, 0.05) is 12.2 Å². The van der Waals surface area contributed by atoms with E-state index in [2.05, 4.69) is 0 Å². The first kappa shape index (κ1) is 13.4. The Morgan fingerprint density at radius 2 is 2.14 bits per heavy atom. The molecule has 0 amide bonds. The van der Waals surface area contributed by atoms with Gasteiger partial charge in [0.05, 0.1) is 24.0 Å². The summed E-state index contributed by atoms with van der Waals surface area (Å²) in [4.78, 5) is 13.8. The van der Waals surface area contributed by atoms with Crippen molar-refractivity contribution in [1.82, 2.24) is 0 Å². The molecule has 0 radical (unpaired) electrons. The maximum absolute atomic E-state index is 13.5. The summed E-state index contributed by atoms with van der Waals surface area (Å²) < 4.78 is 18.3. The highest BCUT2D eigenvalue weighted by Crippen LogP contribution is 2.40. The minimum absolute atomic E-state index is 0.310. The van der Waals surface area contributed by atoms with Crippen molar-refractivity contribution in [2.75, 3.05) is 24.3 Å². The number of fused-ring (bicyclic) bond motifs is 1. The number of ether oxygens (including phenoxy) is 1. The highest BCUT2D eigenvalue weighted by atomic mass is 19.1. The van der Waals surface area contributed by atoms with Gasteiger partial charge in [-0.25, -0.2) is 9.18 Å². The third kappa shape index (κ3) is 2.20. The van der Waals surface area contributed by atoms with Gasteiger partial charge in [-0.05, 0) is 36.2 Å². The van der Waals surface area contributed by atoms with Crippen LogP contribution in [0, 0.1) is 5.82 Å². The molecule has 2 aromatic carbocycles. The van der Waals surface area contributed by atoms with Crippen LogP contribution < -0.4 is 10.6 Å². The van der Waals surface area contributed by atoms with Crippen LogP contribution in [0.1, 0.15) is 15.9 Å². The van der Waals surface area contributed by atoms with E-state index in [9.17, 15) is 9.18 Å². The van der Waals surface area contributed by atoms with E-state index in [4.69, 9.17) is 10.5 Å². The Balaban J connectivity index is 2.15. The molecule has 5 heteroatoms. The van der Waals surface area contributed by atoms with Crippen LogP contribution in [-0.2, 0) is 11.2 Å². The van der Waals surface area contributed by atoms with Crippen LogP contribution in [0.5, 0.6) is 0 Å². The predicted molar refractivity (Wildman–Crippen MR) is 79.3 cm³/mol. The van der Waals surface area contributed by atoms with Crippen molar-refractivity contribution in [3.63, 3.8) is 0 Å². The fourth-order valence-corrected chi connectivity index (χ4v) is 2.72. The second-order valence-corrected chi connectivity index (χ2v) is 4.91. The van der Waals surface area contributed by atoms with Gasteiger partial charge in [-0.15, -0.1) is 0 Å². The summed E-state index contributed by atoms with van der Waals surface area (Å²) in [6.07, 6.45) is 0.782. The normalized spacial score (nSPS) is 13.1. The number of halogens is 1. The summed E-state index contributed by atoms with van der Waals surface area (Å²) in [6.45, 7) is 0.650. The molecule has 1 heterocycles. The van der Waals surface area contributed by atoms with Gasteiger partial charge in [-0.3, -0.25) is 0 Å². The van der Waals surface area contributed by atoms with Crippen molar-refractivity contribution in [1.29, 1.82) is 0 Å². The van der Waals surface area contributed by atoms with Gasteiger partial charge >= 0.3 is 5.97 Å². The van der Waals surface area contributed by atoms with Gasteiger partial charge in [0.15, 0.2) is 0 Å². The lowest BCUT2D eigenvalue weighted by Gasteiger charge is -2.23. The first-order valence-electron chi connectivity index (χ1n) is 6.64. The fraction of sp³-hybridized carbons (Fsp3) is 0.188. The largest absolute Gasteiger partial charge is 0.465 e. The van der Waals surface area contributed by atoms with Gasteiger partial charge in [0.1, 0.15) is 5.82 Å². The third-order valence-electron chi connectivity index (χ3n) is 3.69. The molecule has 0 spiro atoms. The molecule has 4 nitrogen and oxygen atoms in total. The van der Waals surface area contributed by atoms with Crippen LogP contribution in [0.4, 0.5) is 21.5 Å². The van der Waals surface area contributed by atoms with Crippen molar-refractivity contribution < 1.29 is 13.9 Å². The summed E-state index contributed by atoms with van der Waals surface area (Å²) in [7, 11) is 1.33. The van der Waals surface area contributed by atoms with E-state index in [0.29, 0.717) is 23.5 Å². The van der Waals surface area contributed by atoms with Gasteiger partial charge < -0.3 is 15.4 Å². The molecule has 1 aliphatic heterocycles. The minimum atomic E-state index is -0.456. The standard InChI is InChI=1S/C16H15FN2O2/c1-21-16(20)12-3-2-4-13(18)15(12)19-8-7-10-5-6-11(17)9-14(10)19/h2-6,9H,7-8,18H2,1H3. The molecular formula is C16H15FN2O2. The number of hydrogen-bond donors (Lipinski definition) is 1. The van der Waals surface area contributed by atoms with Crippen molar-refractivity contribution in [2.24, 2.45) is 0 Å². The van der Waals surface area contributed by atoms with E-state index in [-0.39, 0.29) is 5.82 Å². The SMILES string of the molecule is COC(=O)c1cccc(N)c1N1CCc2ccc(F)cc21. The molecule has 0 aliphatic carbocycles. The lowest BCUT2D eigenvalue weighted by Crippen LogP contribution is -2.19. The number of nitrogen functional groups attached to an aromatic ring is 1. The molecule has 0 saturated heterocycles. The van der Waals surface area contributed by atoms with E-state index in [1.165, 1.54) is 19.2 Å². The molecule has 0 saturated carbocycles. The molecule has 0 bridgehead atoms. The molecule has 1 aliphatic rings. The number of hydrogen-bond acceptors (Lipinski definition) is 4. The fourth-order valence-electron chi connectivity index (χ4n) is 2.72. The van der Waals surface area contributed by atoms with Gasteiger partial charge in [0.2, 0.25) is 0 Å². The average Bonchev–Trinajstić information content (AvgIpc) is 2.89. The zero-order valence-corrected chi connectivity index (χ0v) is 11.6. The number of nitrogens with zero attached hydrogens (tertiary/aromatic N) is 1. The lowest BCUT2D eigenvalue weighted by atomic mass is 10.1. The molecular weight excluding hydrogens is 271 g/mol. The summed E-state index contributed by atoms with van der Waals surface area (Å²) >= 11 is 0. The summed E-state index contributed by atoms with van der Waals surface area (Å²) in [5, 5.41) is 0. The maximum atomic E-state index is 13.5. The minimum Gasteiger partial charge on any atom is -0.465 e. The Morgan fingerprint density at radius 1 is 1.33 bits per heavy atom. The van der Waals surface area contributed by atoms with Crippen LogP contribution in [0.3, 0.4) is 0 Å². The molecule has 21 heavy (non-hydrogen) atoms. The van der Waals surface area contributed by atoms with Crippen LogP contribution in [0.15, 0.2) is 36.4 Å². The monoisotopic (exact) mass is 286 g/mol. The Labute approximate surface area is 121 Å². The number of esters is 1.